The Labute approximate surface area is 164 Å². The SMILES string of the molecule is O=S(=O)(c1ccc(-c2ccccc2)cc1)N1CCN(c2ccc(F)cc2)CC1. The highest BCUT2D eigenvalue weighted by atomic mass is 32.2. The summed E-state index contributed by atoms with van der Waals surface area (Å²) in [6, 6.07) is 23.2. The van der Waals surface area contributed by atoms with E-state index < -0.39 is 10.0 Å². The molecule has 1 saturated heterocycles. The third kappa shape index (κ3) is 3.79. The van der Waals surface area contributed by atoms with Gasteiger partial charge in [0.25, 0.3) is 0 Å². The van der Waals surface area contributed by atoms with Gasteiger partial charge in [-0.2, -0.15) is 4.31 Å². The van der Waals surface area contributed by atoms with Gasteiger partial charge in [-0.05, 0) is 47.5 Å². The molecule has 0 bridgehead atoms. The quantitative estimate of drug-likeness (QED) is 0.669. The molecule has 4 rings (SSSR count). The highest BCUT2D eigenvalue weighted by Crippen LogP contribution is 2.24. The summed E-state index contributed by atoms with van der Waals surface area (Å²) < 4.78 is 40.6. The number of halogens is 1. The second-order valence-electron chi connectivity index (χ2n) is 6.76. The van der Waals surface area contributed by atoms with Crippen LogP contribution in [-0.4, -0.2) is 38.9 Å². The lowest BCUT2D eigenvalue weighted by Crippen LogP contribution is -2.48. The summed E-state index contributed by atoms with van der Waals surface area (Å²) in [4.78, 5) is 2.38. The summed E-state index contributed by atoms with van der Waals surface area (Å²) in [6.45, 7) is 1.96. The molecule has 0 amide bonds. The van der Waals surface area contributed by atoms with Gasteiger partial charge in [-0.1, -0.05) is 42.5 Å². The lowest BCUT2D eigenvalue weighted by molar-refractivity contribution is 0.385. The first-order chi connectivity index (χ1) is 13.5. The number of sulfonamides is 1. The third-order valence-electron chi connectivity index (χ3n) is 5.03. The zero-order valence-electron chi connectivity index (χ0n) is 15.3. The van der Waals surface area contributed by atoms with Crippen LogP contribution in [0.4, 0.5) is 10.1 Å². The third-order valence-corrected chi connectivity index (χ3v) is 6.94. The molecule has 0 spiro atoms. The van der Waals surface area contributed by atoms with E-state index in [1.807, 2.05) is 42.5 Å². The number of hydrogen-bond donors (Lipinski definition) is 0. The number of piperazine rings is 1. The van der Waals surface area contributed by atoms with E-state index in [0.717, 1.165) is 16.8 Å². The highest BCUT2D eigenvalue weighted by molar-refractivity contribution is 7.89. The van der Waals surface area contributed by atoms with Gasteiger partial charge in [0, 0.05) is 31.9 Å². The highest BCUT2D eigenvalue weighted by Gasteiger charge is 2.28. The van der Waals surface area contributed by atoms with Gasteiger partial charge >= 0.3 is 0 Å². The first-order valence-corrected chi connectivity index (χ1v) is 10.6. The maximum atomic E-state index is 13.1. The summed E-state index contributed by atoms with van der Waals surface area (Å²) >= 11 is 0. The first kappa shape index (κ1) is 18.7. The van der Waals surface area contributed by atoms with Crippen LogP contribution >= 0.6 is 0 Å². The summed E-state index contributed by atoms with van der Waals surface area (Å²) in [5.74, 6) is -0.274. The van der Waals surface area contributed by atoms with Crippen LogP contribution in [0.3, 0.4) is 0 Å². The molecule has 0 radical (unpaired) electrons. The minimum absolute atomic E-state index is 0.274. The Hall–Kier alpha value is -2.70. The standard InChI is InChI=1S/C22H21FN2O2S/c23-20-8-10-21(11-9-20)24-14-16-25(17-15-24)28(26,27)22-12-6-19(7-13-22)18-4-2-1-3-5-18/h1-13H,14-17H2. The van der Waals surface area contributed by atoms with E-state index in [-0.39, 0.29) is 5.82 Å². The van der Waals surface area contributed by atoms with Gasteiger partial charge in [-0.25, -0.2) is 12.8 Å². The smallest absolute Gasteiger partial charge is 0.243 e. The average Bonchev–Trinajstić information content (AvgIpc) is 2.75. The van der Waals surface area contributed by atoms with E-state index in [1.54, 1.807) is 24.3 Å². The topological polar surface area (TPSA) is 40.6 Å². The number of benzene rings is 3. The minimum atomic E-state index is -3.53. The Kier molecular flexibility index (Phi) is 5.15. The molecule has 6 heteroatoms. The number of anilines is 1. The summed E-state index contributed by atoms with van der Waals surface area (Å²) in [7, 11) is -3.53. The number of nitrogens with zero attached hydrogens (tertiary/aromatic N) is 2. The van der Waals surface area contributed by atoms with E-state index in [9.17, 15) is 12.8 Å². The zero-order valence-corrected chi connectivity index (χ0v) is 16.1. The minimum Gasteiger partial charge on any atom is -0.369 e. The average molecular weight is 396 g/mol. The van der Waals surface area contributed by atoms with Crippen molar-refractivity contribution in [2.24, 2.45) is 0 Å². The van der Waals surface area contributed by atoms with Gasteiger partial charge < -0.3 is 4.90 Å². The molecule has 0 aliphatic carbocycles. The lowest BCUT2D eigenvalue weighted by Gasteiger charge is -2.35. The van der Waals surface area contributed by atoms with Gasteiger partial charge in [-0.3, -0.25) is 0 Å². The summed E-state index contributed by atoms with van der Waals surface area (Å²) in [6.07, 6.45) is 0. The van der Waals surface area contributed by atoms with Crippen LogP contribution in [0.25, 0.3) is 11.1 Å². The van der Waals surface area contributed by atoms with Crippen molar-refractivity contribution in [2.45, 2.75) is 4.90 Å². The Balaban J connectivity index is 1.46. The number of rotatable bonds is 4. The van der Waals surface area contributed by atoms with Crippen LogP contribution in [0.15, 0.2) is 83.8 Å². The van der Waals surface area contributed by atoms with Gasteiger partial charge in [-0.15, -0.1) is 0 Å². The Morgan fingerprint density at radius 1 is 0.679 bits per heavy atom. The van der Waals surface area contributed by atoms with Crippen LogP contribution in [0, 0.1) is 5.82 Å². The van der Waals surface area contributed by atoms with Crippen molar-refractivity contribution in [3.63, 3.8) is 0 Å². The maximum Gasteiger partial charge on any atom is 0.243 e. The molecular formula is C22H21FN2O2S. The molecule has 0 N–H and O–H groups in total. The van der Waals surface area contributed by atoms with Crippen molar-refractivity contribution < 1.29 is 12.8 Å². The molecule has 3 aromatic carbocycles. The molecule has 0 aromatic heterocycles. The lowest BCUT2D eigenvalue weighted by atomic mass is 10.1. The molecule has 28 heavy (non-hydrogen) atoms. The van der Waals surface area contributed by atoms with Gasteiger partial charge in [0.1, 0.15) is 5.82 Å². The predicted octanol–water partition coefficient (Wildman–Crippen LogP) is 4.00. The van der Waals surface area contributed by atoms with Crippen LogP contribution in [0.2, 0.25) is 0 Å². The molecule has 1 aliphatic heterocycles. The molecular weight excluding hydrogens is 375 g/mol. The van der Waals surface area contributed by atoms with Crippen molar-refractivity contribution in [1.29, 1.82) is 0 Å². The second kappa shape index (κ2) is 7.73. The summed E-state index contributed by atoms with van der Waals surface area (Å²) in [5.41, 5.74) is 2.95. The Bertz CT molecular complexity index is 1030. The van der Waals surface area contributed by atoms with Crippen LogP contribution in [0.5, 0.6) is 0 Å². The Morgan fingerprint density at radius 2 is 1.25 bits per heavy atom. The van der Waals surface area contributed by atoms with Crippen molar-refractivity contribution in [2.75, 3.05) is 31.1 Å². The van der Waals surface area contributed by atoms with Crippen LogP contribution in [0.1, 0.15) is 0 Å². The Morgan fingerprint density at radius 3 is 1.86 bits per heavy atom. The maximum absolute atomic E-state index is 13.1. The molecule has 1 aliphatic rings. The van der Waals surface area contributed by atoms with Crippen LogP contribution in [-0.2, 0) is 10.0 Å². The van der Waals surface area contributed by atoms with Crippen LogP contribution < -0.4 is 4.90 Å². The molecule has 3 aromatic rings. The largest absolute Gasteiger partial charge is 0.369 e. The fourth-order valence-corrected chi connectivity index (χ4v) is 4.86. The fourth-order valence-electron chi connectivity index (χ4n) is 3.44. The fraction of sp³-hybridized carbons (Fsp3) is 0.182. The normalized spacial score (nSPS) is 15.5. The molecule has 1 fully saturated rings. The van der Waals surface area contributed by atoms with Crippen molar-refractivity contribution in [3.05, 3.63) is 84.7 Å². The summed E-state index contributed by atoms with van der Waals surface area (Å²) in [5, 5.41) is 0. The zero-order chi connectivity index (χ0) is 19.6. The van der Waals surface area contributed by atoms with Crippen molar-refractivity contribution >= 4 is 15.7 Å². The van der Waals surface area contributed by atoms with Crippen molar-refractivity contribution in [3.8, 4) is 11.1 Å². The van der Waals surface area contributed by atoms with Gasteiger partial charge in [0.15, 0.2) is 0 Å². The second-order valence-corrected chi connectivity index (χ2v) is 8.70. The van der Waals surface area contributed by atoms with E-state index in [0.29, 0.717) is 31.1 Å². The molecule has 1 heterocycles. The van der Waals surface area contributed by atoms with E-state index in [2.05, 4.69) is 4.90 Å². The first-order valence-electron chi connectivity index (χ1n) is 9.20. The molecule has 0 atom stereocenters. The van der Waals surface area contributed by atoms with Crippen molar-refractivity contribution in [1.82, 2.24) is 4.31 Å². The molecule has 0 saturated carbocycles. The van der Waals surface area contributed by atoms with Gasteiger partial charge in [0.05, 0.1) is 4.90 Å². The van der Waals surface area contributed by atoms with E-state index in [1.165, 1.54) is 16.4 Å². The monoisotopic (exact) mass is 396 g/mol. The van der Waals surface area contributed by atoms with Gasteiger partial charge in [0.2, 0.25) is 10.0 Å². The molecule has 4 nitrogen and oxygen atoms in total. The molecule has 0 unspecified atom stereocenters. The van der Waals surface area contributed by atoms with E-state index >= 15 is 0 Å². The number of hydrogen-bond acceptors (Lipinski definition) is 3. The predicted molar refractivity (Wildman–Crippen MR) is 109 cm³/mol. The van der Waals surface area contributed by atoms with E-state index in [4.69, 9.17) is 0 Å². The molecule has 144 valence electrons.